The van der Waals surface area contributed by atoms with Crippen molar-refractivity contribution in [1.29, 1.82) is 0 Å². The SMILES string of the molecule is Cc1nc2ccc(NC(=O)CCCCCN)cc2[nH]1. The number of aryl methyl sites for hydroxylation is 1. The molecule has 0 bridgehead atoms. The Balaban J connectivity index is 1.91. The smallest absolute Gasteiger partial charge is 0.224 e. The van der Waals surface area contributed by atoms with Gasteiger partial charge in [-0.15, -0.1) is 0 Å². The predicted molar refractivity (Wildman–Crippen MR) is 77.0 cm³/mol. The monoisotopic (exact) mass is 260 g/mol. The number of anilines is 1. The number of hydrogen-bond acceptors (Lipinski definition) is 3. The van der Waals surface area contributed by atoms with Crippen LogP contribution in [0.1, 0.15) is 31.5 Å². The van der Waals surface area contributed by atoms with Crippen molar-refractivity contribution in [2.75, 3.05) is 11.9 Å². The summed E-state index contributed by atoms with van der Waals surface area (Å²) in [6, 6.07) is 5.69. The maximum atomic E-state index is 11.7. The first kappa shape index (κ1) is 13.5. The van der Waals surface area contributed by atoms with Crippen LogP contribution in [0.4, 0.5) is 5.69 Å². The van der Waals surface area contributed by atoms with Gasteiger partial charge in [0, 0.05) is 12.1 Å². The van der Waals surface area contributed by atoms with Crippen molar-refractivity contribution in [3.8, 4) is 0 Å². The first-order valence-electron chi connectivity index (χ1n) is 6.65. The largest absolute Gasteiger partial charge is 0.342 e. The van der Waals surface area contributed by atoms with E-state index >= 15 is 0 Å². The highest BCUT2D eigenvalue weighted by molar-refractivity contribution is 5.92. The number of aromatic amines is 1. The van der Waals surface area contributed by atoms with Crippen LogP contribution in [0.25, 0.3) is 11.0 Å². The topological polar surface area (TPSA) is 83.8 Å². The van der Waals surface area contributed by atoms with E-state index in [-0.39, 0.29) is 5.91 Å². The van der Waals surface area contributed by atoms with E-state index in [0.717, 1.165) is 41.8 Å². The van der Waals surface area contributed by atoms with Crippen molar-refractivity contribution in [2.24, 2.45) is 5.73 Å². The Hall–Kier alpha value is -1.88. The van der Waals surface area contributed by atoms with Gasteiger partial charge in [0.1, 0.15) is 5.82 Å². The average Bonchev–Trinajstić information content (AvgIpc) is 2.74. The third-order valence-corrected chi connectivity index (χ3v) is 2.99. The summed E-state index contributed by atoms with van der Waals surface area (Å²) >= 11 is 0. The molecular formula is C14H20N4O. The summed E-state index contributed by atoms with van der Waals surface area (Å²) < 4.78 is 0. The number of aromatic nitrogens is 2. The Morgan fingerprint density at radius 3 is 3.00 bits per heavy atom. The van der Waals surface area contributed by atoms with Gasteiger partial charge in [-0.3, -0.25) is 4.79 Å². The molecule has 0 spiro atoms. The highest BCUT2D eigenvalue weighted by Gasteiger charge is 2.04. The number of rotatable bonds is 6. The molecule has 1 amide bonds. The van der Waals surface area contributed by atoms with Crippen molar-refractivity contribution < 1.29 is 4.79 Å². The van der Waals surface area contributed by atoms with Gasteiger partial charge in [-0.2, -0.15) is 0 Å². The fourth-order valence-corrected chi connectivity index (χ4v) is 2.05. The zero-order valence-electron chi connectivity index (χ0n) is 11.2. The number of hydrogen-bond donors (Lipinski definition) is 3. The lowest BCUT2D eigenvalue weighted by atomic mass is 10.2. The molecule has 0 saturated heterocycles. The molecule has 2 rings (SSSR count). The van der Waals surface area contributed by atoms with Gasteiger partial charge in [0.2, 0.25) is 5.91 Å². The van der Waals surface area contributed by atoms with Gasteiger partial charge >= 0.3 is 0 Å². The van der Waals surface area contributed by atoms with Gasteiger partial charge in [0.05, 0.1) is 11.0 Å². The quantitative estimate of drug-likeness (QED) is 0.697. The van der Waals surface area contributed by atoms with E-state index in [1.807, 2.05) is 25.1 Å². The molecule has 0 fully saturated rings. The minimum Gasteiger partial charge on any atom is -0.342 e. The highest BCUT2D eigenvalue weighted by atomic mass is 16.1. The van der Waals surface area contributed by atoms with Crippen LogP contribution in [0.15, 0.2) is 18.2 Å². The standard InChI is InChI=1S/C14H20N4O/c1-10-16-12-7-6-11(9-13(12)17-10)18-14(19)5-3-2-4-8-15/h6-7,9H,2-5,8,15H2,1H3,(H,16,17)(H,18,19). The molecule has 0 atom stereocenters. The maximum Gasteiger partial charge on any atom is 0.224 e. The summed E-state index contributed by atoms with van der Waals surface area (Å²) in [7, 11) is 0. The van der Waals surface area contributed by atoms with Crippen LogP contribution in [0.2, 0.25) is 0 Å². The lowest BCUT2D eigenvalue weighted by molar-refractivity contribution is -0.116. The molecule has 5 heteroatoms. The number of unbranched alkanes of at least 4 members (excludes halogenated alkanes) is 2. The van der Waals surface area contributed by atoms with Gasteiger partial charge in [-0.1, -0.05) is 6.42 Å². The number of carbonyl (C=O) groups is 1. The average molecular weight is 260 g/mol. The number of amides is 1. The molecule has 0 radical (unpaired) electrons. The second-order valence-corrected chi connectivity index (χ2v) is 4.70. The summed E-state index contributed by atoms with van der Waals surface area (Å²) in [6.45, 7) is 2.60. The second-order valence-electron chi connectivity index (χ2n) is 4.70. The van der Waals surface area contributed by atoms with Crippen molar-refractivity contribution >= 4 is 22.6 Å². The molecule has 5 nitrogen and oxygen atoms in total. The lowest BCUT2D eigenvalue weighted by Crippen LogP contribution is -2.11. The number of fused-ring (bicyclic) bond motifs is 1. The fraction of sp³-hybridized carbons (Fsp3) is 0.429. The minimum absolute atomic E-state index is 0.0487. The molecule has 0 unspecified atom stereocenters. The summed E-state index contributed by atoms with van der Waals surface area (Å²) in [5, 5.41) is 2.90. The zero-order chi connectivity index (χ0) is 13.7. The van der Waals surface area contributed by atoms with Crippen LogP contribution in [-0.4, -0.2) is 22.4 Å². The van der Waals surface area contributed by atoms with Crippen LogP contribution in [0.5, 0.6) is 0 Å². The van der Waals surface area contributed by atoms with Crippen molar-refractivity contribution in [3.63, 3.8) is 0 Å². The van der Waals surface area contributed by atoms with Gasteiger partial charge in [-0.05, 0) is 44.5 Å². The van der Waals surface area contributed by atoms with Crippen LogP contribution < -0.4 is 11.1 Å². The van der Waals surface area contributed by atoms with E-state index in [1.165, 1.54) is 0 Å². The van der Waals surface area contributed by atoms with E-state index in [9.17, 15) is 4.79 Å². The van der Waals surface area contributed by atoms with Crippen molar-refractivity contribution in [3.05, 3.63) is 24.0 Å². The Labute approximate surface area is 112 Å². The minimum atomic E-state index is 0.0487. The van der Waals surface area contributed by atoms with Gasteiger partial charge < -0.3 is 16.0 Å². The summed E-state index contributed by atoms with van der Waals surface area (Å²) in [5.41, 5.74) is 8.08. The number of nitrogens with one attached hydrogen (secondary N) is 2. The number of carbonyl (C=O) groups excluding carboxylic acids is 1. The number of H-pyrrole nitrogens is 1. The molecule has 1 aromatic heterocycles. The Morgan fingerprint density at radius 1 is 1.37 bits per heavy atom. The zero-order valence-corrected chi connectivity index (χ0v) is 11.2. The van der Waals surface area contributed by atoms with E-state index in [1.54, 1.807) is 0 Å². The Kier molecular flexibility index (Phi) is 4.52. The molecule has 0 saturated carbocycles. The molecule has 2 aromatic rings. The Bertz CT molecular complexity index is 562. The van der Waals surface area contributed by atoms with E-state index in [4.69, 9.17) is 5.73 Å². The predicted octanol–water partition coefficient (Wildman–Crippen LogP) is 2.33. The molecular weight excluding hydrogens is 240 g/mol. The molecule has 4 N–H and O–H groups in total. The van der Waals surface area contributed by atoms with E-state index in [0.29, 0.717) is 13.0 Å². The van der Waals surface area contributed by atoms with Crippen molar-refractivity contribution in [1.82, 2.24) is 9.97 Å². The molecule has 0 aliphatic heterocycles. The summed E-state index contributed by atoms with van der Waals surface area (Å²) in [4.78, 5) is 19.2. The van der Waals surface area contributed by atoms with Gasteiger partial charge in [0.25, 0.3) is 0 Å². The number of nitrogens with zero attached hydrogens (tertiary/aromatic N) is 1. The van der Waals surface area contributed by atoms with Gasteiger partial charge in [-0.25, -0.2) is 4.98 Å². The lowest BCUT2D eigenvalue weighted by Gasteiger charge is -2.05. The summed E-state index contributed by atoms with van der Waals surface area (Å²) in [6.07, 6.45) is 3.41. The first-order chi connectivity index (χ1) is 9.19. The first-order valence-corrected chi connectivity index (χ1v) is 6.65. The second kappa shape index (κ2) is 6.33. The van der Waals surface area contributed by atoms with Crippen molar-refractivity contribution in [2.45, 2.75) is 32.6 Å². The summed E-state index contributed by atoms with van der Waals surface area (Å²) in [5.74, 6) is 0.924. The highest BCUT2D eigenvalue weighted by Crippen LogP contribution is 2.17. The maximum absolute atomic E-state index is 11.7. The third-order valence-electron chi connectivity index (χ3n) is 2.99. The number of benzene rings is 1. The molecule has 19 heavy (non-hydrogen) atoms. The van der Waals surface area contributed by atoms with Crippen LogP contribution in [-0.2, 0) is 4.79 Å². The molecule has 102 valence electrons. The molecule has 0 aliphatic rings. The van der Waals surface area contributed by atoms with Gasteiger partial charge in [0.15, 0.2) is 0 Å². The Morgan fingerprint density at radius 2 is 2.21 bits per heavy atom. The number of nitrogens with two attached hydrogens (primary N) is 1. The fourth-order valence-electron chi connectivity index (χ4n) is 2.05. The normalized spacial score (nSPS) is 10.8. The number of imidazole rings is 1. The van der Waals surface area contributed by atoms with Crippen LogP contribution >= 0.6 is 0 Å². The van der Waals surface area contributed by atoms with Crippen LogP contribution in [0, 0.1) is 6.92 Å². The third kappa shape index (κ3) is 3.79. The van der Waals surface area contributed by atoms with E-state index in [2.05, 4.69) is 15.3 Å². The van der Waals surface area contributed by atoms with E-state index < -0.39 is 0 Å². The molecule has 1 heterocycles. The van der Waals surface area contributed by atoms with Crippen LogP contribution in [0.3, 0.4) is 0 Å². The molecule has 0 aliphatic carbocycles. The molecule has 1 aromatic carbocycles.